The molecular weight excluding hydrogens is 220 g/mol. The lowest BCUT2D eigenvalue weighted by molar-refractivity contribution is -0.110. The van der Waals surface area contributed by atoms with Crippen molar-refractivity contribution in [3.05, 3.63) is 52.5 Å². The van der Waals surface area contributed by atoms with Crippen molar-refractivity contribution in [1.82, 2.24) is 10.3 Å². The molecule has 0 spiro atoms. The predicted octanol–water partition coefficient (Wildman–Crippen LogP) is 2.17. The fourth-order valence-electron chi connectivity index (χ4n) is 1.56. The molecule has 0 fully saturated rings. The minimum Gasteiger partial charge on any atom is -0.349 e. The molecule has 0 aliphatic rings. The number of carbonyl (C=O) groups is 1. The van der Waals surface area contributed by atoms with Gasteiger partial charge in [0.1, 0.15) is 5.01 Å². The summed E-state index contributed by atoms with van der Waals surface area (Å²) in [5.41, 5.74) is 1.19. The number of hydrogen-bond donors (Lipinski definition) is 1. The zero-order valence-electron chi connectivity index (χ0n) is 8.67. The summed E-state index contributed by atoms with van der Waals surface area (Å²) in [6.45, 7) is 0. The summed E-state index contributed by atoms with van der Waals surface area (Å²) in [7, 11) is 0. The number of amides is 1. The molecule has 82 valence electrons. The smallest absolute Gasteiger partial charge is 0.207 e. The molecule has 1 amide bonds. The molecule has 0 saturated carbocycles. The Hall–Kier alpha value is -1.68. The first-order chi connectivity index (χ1) is 7.90. The molecule has 0 radical (unpaired) electrons. The van der Waals surface area contributed by atoms with Gasteiger partial charge in [0.05, 0.1) is 6.04 Å². The molecule has 0 aliphatic heterocycles. The highest BCUT2D eigenvalue weighted by Gasteiger charge is 2.13. The van der Waals surface area contributed by atoms with Crippen LogP contribution in [0.25, 0.3) is 0 Å². The molecule has 2 rings (SSSR count). The molecular formula is C12H12N2OS. The number of carbonyl (C=O) groups excluding carboxylic acids is 1. The lowest BCUT2D eigenvalue weighted by Gasteiger charge is -2.13. The van der Waals surface area contributed by atoms with Crippen molar-refractivity contribution in [3.63, 3.8) is 0 Å². The molecule has 1 atom stereocenters. The number of nitrogens with zero attached hydrogens (tertiary/aromatic N) is 1. The second-order valence-electron chi connectivity index (χ2n) is 3.40. The zero-order valence-corrected chi connectivity index (χ0v) is 9.48. The topological polar surface area (TPSA) is 42.0 Å². The summed E-state index contributed by atoms with van der Waals surface area (Å²) in [5, 5.41) is 5.66. The van der Waals surface area contributed by atoms with E-state index in [1.165, 1.54) is 5.56 Å². The average Bonchev–Trinajstić information content (AvgIpc) is 2.83. The Bertz CT molecular complexity index is 428. The third-order valence-electron chi connectivity index (χ3n) is 2.30. The normalized spacial score (nSPS) is 12.0. The van der Waals surface area contributed by atoms with Crippen molar-refractivity contribution >= 4 is 17.7 Å². The van der Waals surface area contributed by atoms with Gasteiger partial charge in [-0.1, -0.05) is 30.3 Å². The van der Waals surface area contributed by atoms with E-state index in [1.54, 1.807) is 17.5 Å². The van der Waals surface area contributed by atoms with Crippen LogP contribution < -0.4 is 5.32 Å². The van der Waals surface area contributed by atoms with Gasteiger partial charge in [-0.2, -0.15) is 0 Å². The lowest BCUT2D eigenvalue weighted by atomic mass is 10.1. The molecule has 3 nitrogen and oxygen atoms in total. The van der Waals surface area contributed by atoms with Gasteiger partial charge >= 0.3 is 0 Å². The van der Waals surface area contributed by atoms with Crippen LogP contribution in [0, 0.1) is 0 Å². The Morgan fingerprint density at radius 2 is 2.19 bits per heavy atom. The predicted molar refractivity (Wildman–Crippen MR) is 64.2 cm³/mol. The first-order valence-corrected chi connectivity index (χ1v) is 5.91. The van der Waals surface area contributed by atoms with Crippen molar-refractivity contribution in [2.24, 2.45) is 0 Å². The third-order valence-corrected chi connectivity index (χ3v) is 3.19. The number of hydrogen-bond acceptors (Lipinski definition) is 3. The molecule has 1 heterocycles. The first-order valence-electron chi connectivity index (χ1n) is 5.03. The van der Waals surface area contributed by atoms with Gasteiger partial charge in [-0.15, -0.1) is 11.3 Å². The van der Waals surface area contributed by atoms with Gasteiger partial charge in [0, 0.05) is 11.6 Å². The van der Waals surface area contributed by atoms with E-state index in [0.717, 1.165) is 17.8 Å². The Kier molecular flexibility index (Phi) is 3.66. The van der Waals surface area contributed by atoms with Crippen LogP contribution in [0.15, 0.2) is 41.9 Å². The van der Waals surface area contributed by atoms with Crippen LogP contribution in [-0.4, -0.2) is 11.4 Å². The fraction of sp³-hybridized carbons (Fsp3) is 0.167. The van der Waals surface area contributed by atoms with Crippen molar-refractivity contribution in [2.45, 2.75) is 12.5 Å². The SMILES string of the molecule is O=CN[C@@H](Cc1ccccc1)c1nccs1. The quantitative estimate of drug-likeness (QED) is 0.803. The summed E-state index contributed by atoms with van der Waals surface area (Å²) in [6.07, 6.45) is 3.26. The summed E-state index contributed by atoms with van der Waals surface area (Å²) in [6, 6.07) is 10.0. The Morgan fingerprint density at radius 1 is 1.38 bits per heavy atom. The van der Waals surface area contributed by atoms with Crippen LogP contribution in [0.1, 0.15) is 16.6 Å². The molecule has 1 aromatic carbocycles. The molecule has 1 aromatic heterocycles. The molecule has 0 bridgehead atoms. The maximum Gasteiger partial charge on any atom is 0.207 e. The minimum absolute atomic E-state index is 0.0279. The van der Waals surface area contributed by atoms with Gasteiger partial charge in [-0.3, -0.25) is 4.79 Å². The number of rotatable bonds is 5. The minimum atomic E-state index is -0.0279. The van der Waals surface area contributed by atoms with Crippen molar-refractivity contribution in [3.8, 4) is 0 Å². The van der Waals surface area contributed by atoms with Crippen LogP contribution in [0.3, 0.4) is 0 Å². The first kappa shape index (κ1) is 10.8. The lowest BCUT2D eigenvalue weighted by Crippen LogP contribution is -2.21. The van der Waals surface area contributed by atoms with Crippen molar-refractivity contribution < 1.29 is 4.79 Å². The van der Waals surface area contributed by atoms with Gasteiger partial charge in [-0.25, -0.2) is 4.98 Å². The van der Waals surface area contributed by atoms with Crippen LogP contribution in [0.2, 0.25) is 0 Å². The number of nitrogens with one attached hydrogen (secondary N) is 1. The second-order valence-corrected chi connectivity index (χ2v) is 4.32. The van der Waals surface area contributed by atoms with E-state index in [2.05, 4.69) is 10.3 Å². The molecule has 0 saturated heterocycles. The van der Waals surface area contributed by atoms with Crippen LogP contribution >= 0.6 is 11.3 Å². The fourth-order valence-corrected chi connectivity index (χ4v) is 2.25. The highest BCUT2D eigenvalue weighted by atomic mass is 32.1. The van der Waals surface area contributed by atoms with Crippen LogP contribution in [0.5, 0.6) is 0 Å². The maximum atomic E-state index is 10.6. The van der Waals surface area contributed by atoms with E-state index in [-0.39, 0.29) is 6.04 Å². The van der Waals surface area contributed by atoms with Crippen molar-refractivity contribution in [1.29, 1.82) is 0 Å². The third kappa shape index (κ3) is 2.67. The summed E-state index contributed by atoms with van der Waals surface area (Å²) in [4.78, 5) is 14.8. The molecule has 1 N–H and O–H groups in total. The zero-order chi connectivity index (χ0) is 11.2. The Labute approximate surface area is 98.2 Å². The largest absolute Gasteiger partial charge is 0.349 e. The Balaban J connectivity index is 2.12. The maximum absolute atomic E-state index is 10.6. The van der Waals surface area contributed by atoms with Gasteiger partial charge in [0.25, 0.3) is 0 Å². The number of aromatic nitrogens is 1. The van der Waals surface area contributed by atoms with E-state index in [1.807, 2.05) is 35.7 Å². The van der Waals surface area contributed by atoms with E-state index < -0.39 is 0 Å². The highest BCUT2D eigenvalue weighted by molar-refractivity contribution is 7.09. The van der Waals surface area contributed by atoms with E-state index in [4.69, 9.17) is 0 Å². The number of benzene rings is 1. The summed E-state index contributed by atoms with van der Waals surface area (Å²) < 4.78 is 0. The molecule has 0 aliphatic carbocycles. The Morgan fingerprint density at radius 3 is 2.81 bits per heavy atom. The second kappa shape index (κ2) is 5.42. The van der Waals surface area contributed by atoms with Gasteiger partial charge in [0.15, 0.2) is 0 Å². The van der Waals surface area contributed by atoms with Crippen LogP contribution in [-0.2, 0) is 11.2 Å². The number of thiazole rings is 1. The highest BCUT2D eigenvalue weighted by Crippen LogP contribution is 2.19. The molecule has 16 heavy (non-hydrogen) atoms. The van der Waals surface area contributed by atoms with Crippen LogP contribution in [0.4, 0.5) is 0 Å². The monoisotopic (exact) mass is 232 g/mol. The molecule has 0 unspecified atom stereocenters. The standard InChI is InChI=1S/C12H12N2OS/c15-9-14-11(12-13-6-7-16-12)8-10-4-2-1-3-5-10/h1-7,9,11H,8H2,(H,14,15)/t11-/m0/s1. The van der Waals surface area contributed by atoms with E-state index in [9.17, 15) is 4.79 Å². The molecule has 2 aromatic rings. The summed E-state index contributed by atoms with van der Waals surface area (Å²) >= 11 is 1.56. The average molecular weight is 232 g/mol. The van der Waals surface area contributed by atoms with Crippen molar-refractivity contribution in [2.75, 3.05) is 0 Å². The summed E-state index contributed by atoms with van der Waals surface area (Å²) in [5.74, 6) is 0. The van der Waals surface area contributed by atoms with Gasteiger partial charge in [0.2, 0.25) is 6.41 Å². The van der Waals surface area contributed by atoms with Gasteiger partial charge < -0.3 is 5.32 Å². The van der Waals surface area contributed by atoms with Gasteiger partial charge in [-0.05, 0) is 12.0 Å². The van der Waals surface area contributed by atoms with E-state index in [0.29, 0.717) is 0 Å². The molecule has 4 heteroatoms. The van der Waals surface area contributed by atoms with E-state index >= 15 is 0 Å².